The summed E-state index contributed by atoms with van der Waals surface area (Å²) in [6.07, 6.45) is 0. The van der Waals surface area contributed by atoms with Crippen LogP contribution in [0.1, 0.15) is 5.56 Å². The van der Waals surface area contributed by atoms with Gasteiger partial charge in [-0.05, 0) is 36.4 Å². The number of methoxy groups -OCH3 is 1. The Balaban J connectivity index is 1.76. The molecule has 2 N–H and O–H groups in total. The molecule has 27 heavy (non-hydrogen) atoms. The number of aromatic nitrogens is 3. The normalized spacial score (nSPS) is 10.5. The molecule has 2 heterocycles. The number of nitrogens with one attached hydrogen (secondary N) is 2. The van der Waals surface area contributed by atoms with Crippen LogP contribution in [0.4, 0.5) is 11.1 Å². The SMILES string of the molecule is COc1ccc(-c2nc(Nc3nc4ccccc4s3)[nH]c(=O)c2C#N)cc1. The summed E-state index contributed by atoms with van der Waals surface area (Å²) in [6.45, 7) is 0. The Kier molecular flexibility index (Phi) is 4.28. The molecule has 0 saturated carbocycles. The zero-order chi connectivity index (χ0) is 18.8. The number of hydrogen-bond donors (Lipinski definition) is 2. The number of thiazole rings is 1. The Labute approximate surface area is 157 Å². The van der Waals surface area contributed by atoms with Crippen molar-refractivity contribution in [2.75, 3.05) is 12.4 Å². The molecule has 0 unspecified atom stereocenters. The van der Waals surface area contributed by atoms with Gasteiger partial charge in [-0.2, -0.15) is 5.26 Å². The Morgan fingerprint density at radius 1 is 1.15 bits per heavy atom. The van der Waals surface area contributed by atoms with Crippen LogP contribution in [0.2, 0.25) is 0 Å². The third kappa shape index (κ3) is 3.23. The average Bonchev–Trinajstić information content (AvgIpc) is 3.10. The van der Waals surface area contributed by atoms with Gasteiger partial charge in [-0.3, -0.25) is 9.78 Å². The first kappa shape index (κ1) is 16.8. The van der Waals surface area contributed by atoms with E-state index in [1.54, 1.807) is 31.4 Å². The second-order valence-corrected chi connectivity index (χ2v) is 6.62. The molecule has 0 spiro atoms. The van der Waals surface area contributed by atoms with Gasteiger partial charge in [0.25, 0.3) is 5.56 Å². The molecule has 0 amide bonds. The molecule has 0 aliphatic heterocycles. The zero-order valence-corrected chi connectivity index (χ0v) is 15.0. The maximum absolute atomic E-state index is 12.4. The van der Waals surface area contributed by atoms with Gasteiger partial charge in [-0.25, -0.2) is 9.97 Å². The summed E-state index contributed by atoms with van der Waals surface area (Å²) in [5.41, 5.74) is 1.24. The van der Waals surface area contributed by atoms with Crippen LogP contribution in [-0.4, -0.2) is 22.1 Å². The fourth-order valence-electron chi connectivity index (χ4n) is 2.62. The summed E-state index contributed by atoms with van der Waals surface area (Å²) >= 11 is 1.45. The highest BCUT2D eigenvalue weighted by molar-refractivity contribution is 7.22. The van der Waals surface area contributed by atoms with Crippen LogP contribution in [0.3, 0.4) is 0 Å². The minimum absolute atomic E-state index is 0.0463. The Morgan fingerprint density at radius 2 is 1.93 bits per heavy atom. The molecule has 0 fully saturated rings. The Hall–Kier alpha value is -3.70. The van der Waals surface area contributed by atoms with E-state index < -0.39 is 5.56 Å². The lowest BCUT2D eigenvalue weighted by atomic mass is 10.1. The number of H-pyrrole nitrogens is 1. The van der Waals surface area contributed by atoms with Gasteiger partial charge in [-0.1, -0.05) is 23.5 Å². The van der Waals surface area contributed by atoms with Gasteiger partial charge in [0.1, 0.15) is 17.4 Å². The van der Waals surface area contributed by atoms with Crippen molar-refractivity contribution < 1.29 is 4.74 Å². The van der Waals surface area contributed by atoms with Crippen LogP contribution >= 0.6 is 11.3 Å². The van der Waals surface area contributed by atoms with E-state index in [2.05, 4.69) is 20.3 Å². The third-order valence-corrected chi connectivity index (χ3v) is 4.87. The molecular weight excluding hydrogens is 362 g/mol. The standard InChI is InChI=1S/C19H13N5O2S/c1-26-12-8-6-11(7-9-12)16-13(10-20)17(25)23-18(22-16)24-19-21-14-4-2-3-5-15(14)27-19/h2-9H,1H3,(H2,21,22,23,24,25). The number of nitriles is 1. The van der Waals surface area contributed by atoms with E-state index in [1.165, 1.54) is 11.3 Å². The number of nitrogens with zero attached hydrogens (tertiary/aromatic N) is 3. The lowest BCUT2D eigenvalue weighted by molar-refractivity contribution is 0.415. The minimum atomic E-state index is -0.512. The molecule has 4 aromatic rings. The highest BCUT2D eigenvalue weighted by Gasteiger charge is 2.14. The molecule has 0 radical (unpaired) electrons. The van der Waals surface area contributed by atoms with Crippen molar-refractivity contribution in [3.8, 4) is 23.1 Å². The van der Waals surface area contributed by atoms with Crippen LogP contribution in [0.5, 0.6) is 5.75 Å². The van der Waals surface area contributed by atoms with Crippen LogP contribution in [0.25, 0.3) is 21.5 Å². The van der Waals surface area contributed by atoms with Gasteiger partial charge in [0, 0.05) is 5.56 Å². The summed E-state index contributed by atoms with van der Waals surface area (Å²) < 4.78 is 6.16. The predicted octanol–water partition coefficient (Wildman–Crippen LogP) is 3.67. The second-order valence-electron chi connectivity index (χ2n) is 5.59. The van der Waals surface area contributed by atoms with E-state index in [4.69, 9.17) is 4.74 Å². The highest BCUT2D eigenvalue weighted by atomic mass is 32.1. The molecule has 7 nitrogen and oxygen atoms in total. The summed E-state index contributed by atoms with van der Waals surface area (Å²) in [4.78, 5) is 23.8. The minimum Gasteiger partial charge on any atom is -0.497 e. The van der Waals surface area contributed by atoms with Gasteiger partial charge in [0.2, 0.25) is 5.95 Å². The third-order valence-electron chi connectivity index (χ3n) is 3.91. The number of fused-ring (bicyclic) bond motifs is 1. The molecule has 2 aromatic carbocycles. The quantitative estimate of drug-likeness (QED) is 0.564. The summed E-state index contributed by atoms with van der Waals surface area (Å²) in [6, 6.07) is 16.7. The molecule has 2 aromatic heterocycles. The predicted molar refractivity (Wildman–Crippen MR) is 104 cm³/mol. The maximum Gasteiger partial charge on any atom is 0.270 e. The van der Waals surface area contributed by atoms with Gasteiger partial charge in [0.05, 0.1) is 23.0 Å². The van der Waals surface area contributed by atoms with Crippen molar-refractivity contribution in [2.24, 2.45) is 0 Å². The number of hydrogen-bond acceptors (Lipinski definition) is 7. The largest absolute Gasteiger partial charge is 0.497 e. The van der Waals surface area contributed by atoms with Crippen molar-refractivity contribution in [2.45, 2.75) is 0 Å². The van der Waals surface area contributed by atoms with Crippen LogP contribution < -0.4 is 15.6 Å². The fourth-order valence-corrected chi connectivity index (χ4v) is 3.49. The highest BCUT2D eigenvalue weighted by Crippen LogP contribution is 2.28. The van der Waals surface area contributed by atoms with Crippen molar-refractivity contribution in [1.82, 2.24) is 15.0 Å². The molecule has 0 aliphatic carbocycles. The summed E-state index contributed by atoms with van der Waals surface area (Å²) in [5.74, 6) is 0.902. The van der Waals surface area contributed by atoms with E-state index in [0.29, 0.717) is 22.1 Å². The molecule has 132 valence electrons. The molecule has 0 aliphatic rings. The number of rotatable bonds is 4. The van der Waals surface area contributed by atoms with Gasteiger partial charge in [-0.15, -0.1) is 0 Å². The Morgan fingerprint density at radius 3 is 2.63 bits per heavy atom. The molecule has 0 saturated heterocycles. The topological polar surface area (TPSA) is 104 Å². The maximum atomic E-state index is 12.4. The van der Waals surface area contributed by atoms with E-state index in [1.807, 2.05) is 30.3 Å². The van der Waals surface area contributed by atoms with Gasteiger partial charge in [0.15, 0.2) is 5.13 Å². The van der Waals surface area contributed by atoms with E-state index in [0.717, 1.165) is 10.2 Å². The molecule has 0 atom stereocenters. The van der Waals surface area contributed by atoms with Gasteiger partial charge < -0.3 is 10.1 Å². The Bertz CT molecular complexity index is 1190. The van der Waals surface area contributed by atoms with Crippen LogP contribution in [-0.2, 0) is 0 Å². The summed E-state index contributed by atoms with van der Waals surface area (Å²) in [7, 11) is 1.57. The molecular formula is C19H13N5O2S. The number of benzene rings is 2. The fraction of sp³-hybridized carbons (Fsp3) is 0.0526. The van der Waals surface area contributed by atoms with Crippen molar-refractivity contribution in [3.05, 3.63) is 64.4 Å². The van der Waals surface area contributed by atoms with Crippen LogP contribution in [0.15, 0.2) is 53.3 Å². The average molecular weight is 375 g/mol. The monoisotopic (exact) mass is 375 g/mol. The molecule has 8 heteroatoms. The lowest BCUT2D eigenvalue weighted by Crippen LogP contribution is -2.16. The first-order valence-corrected chi connectivity index (χ1v) is 8.81. The smallest absolute Gasteiger partial charge is 0.270 e. The first-order chi connectivity index (χ1) is 13.2. The number of aromatic amines is 1. The van der Waals surface area contributed by atoms with Crippen molar-refractivity contribution in [1.29, 1.82) is 5.26 Å². The second kappa shape index (κ2) is 6.90. The molecule has 4 rings (SSSR count). The van der Waals surface area contributed by atoms with E-state index >= 15 is 0 Å². The van der Waals surface area contributed by atoms with Crippen LogP contribution in [0, 0.1) is 11.3 Å². The lowest BCUT2D eigenvalue weighted by Gasteiger charge is -2.07. The van der Waals surface area contributed by atoms with E-state index in [9.17, 15) is 10.1 Å². The zero-order valence-electron chi connectivity index (χ0n) is 14.2. The van der Waals surface area contributed by atoms with Crippen molar-refractivity contribution in [3.63, 3.8) is 0 Å². The molecule has 0 bridgehead atoms. The van der Waals surface area contributed by atoms with Crippen molar-refractivity contribution >= 4 is 32.6 Å². The summed E-state index contributed by atoms with van der Waals surface area (Å²) in [5, 5.41) is 13.0. The first-order valence-electron chi connectivity index (χ1n) is 7.99. The van der Waals surface area contributed by atoms with E-state index in [-0.39, 0.29) is 11.5 Å². The number of anilines is 2. The number of ether oxygens (including phenoxy) is 1. The van der Waals surface area contributed by atoms with Gasteiger partial charge >= 0.3 is 0 Å². The number of para-hydroxylation sites is 1.